The van der Waals surface area contributed by atoms with E-state index in [1.54, 1.807) is 0 Å². The summed E-state index contributed by atoms with van der Waals surface area (Å²) in [6.07, 6.45) is 13.4. The van der Waals surface area contributed by atoms with Gasteiger partial charge in [-0.25, -0.2) is 0 Å². The topological polar surface area (TPSA) is 12.0 Å². The van der Waals surface area contributed by atoms with Gasteiger partial charge in [-0.1, -0.05) is 117 Å². The Morgan fingerprint density at radius 1 is 0.633 bits per heavy atom. The highest BCUT2D eigenvalue weighted by atomic mass is 14.9. The first kappa shape index (κ1) is 29.4. The third-order valence-corrected chi connectivity index (χ3v) is 3.77. The lowest BCUT2D eigenvalue weighted by atomic mass is 10.0. The Morgan fingerprint density at radius 3 is 1.70 bits per heavy atom. The average molecular weight is 406 g/mol. The van der Waals surface area contributed by atoms with Gasteiger partial charge in [0.1, 0.15) is 0 Å². The lowest BCUT2D eigenvalue weighted by Gasteiger charge is -2.11. The molecule has 0 aliphatic heterocycles. The van der Waals surface area contributed by atoms with Crippen molar-refractivity contribution in [3.8, 4) is 0 Å². The van der Waals surface area contributed by atoms with Gasteiger partial charge in [0.25, 0.3) is 0 Å². The fourth-order valence-electron chi connectivity index (χ4n) is 2.60. The van der Waals surface area contributed by atoms with E-state index >= 15 is 0 Å². The van der Waals surface area contributed by atoms with E-state index in [0.29, 0.717) is 0 Å². The lowest BCUT2D eigenvalue weighted by Crippen LogP contribution is -1.93. The smallest absolute Gasteiger partial charge is 0.0390 e. The molecular formula is C29H43N. The van der Waals surface area contributed by atoms with E-state index in [-0.39, 0.29) is 0 Å². The molecule has 0 saturated heterocycles. The standard InChI is InChI=1S/C21H19N.4C2H6/c1-3-16-10-12-20(14-17(16)4-2)22-21-13-11-18-8-6-5-7-9-19(18)15-21;4*1-2/h3-4,6-15,22H,1-2,5H2;4*1-2H3. The summed E-state index contributed by atoms with van der Waals surface area (Å²) < 4.78 is 0. The molecule has 0 spiro atoms. The second-order valence-corrected chi connectivity index (χ2v) is 5.26. The minimum atomic E-state index is 0.989. The van der Waals surface area contributed by atoms with Gasteiger partial charge >= 0.3 is 0 Å². The SMILES string of the molecule is C=Cc1ccc(Nc2ccc3c(c2)C=CCC=C3)cc1C=C.CC.CC.CC.CC. The first-order valence-electron chi connectivity index (χ1n) is 11.4. The molecule has 0 aromatic heterocycles. The monoisotopic (exact) mass is 405 g/mol. The van der Waals surface area contributed by atoms with Crippen molar-refractivity contribution in [1.29, 1.82) is 0 Å². The van der Waals surface area contributed by atoms with Gasteiger partial charge in [-0.2, -0.15) is 0 Å². The van der Waals surface area contributed by atoms with Crippen LogP contribution in [0.2, 0.25) is 0 Å². The van der Waals surface area contributed by atoms with Crippen LogP contribution in [-0.4, -0.2) is 0 Å². The maximum atomic E-state index is 3.86. The predicted octanol–water partition coefficient (Wildman–Crippen LogP) is 10.3. The van der Waals surface area contributed by atoms with Crippen molar-refractivity contribution in [2.75, 3.05) is 5.32 Å². The Bertz CT molecular complexity index is 779. The van der Waals surface area contributed by atoms with Gasteiger partial charge in [-0.05, 0) is 52.9 Å². The molecule has 1 aliphatic carbocycles. The average Bonchev–Trinajstić information content (AvgIpc) is 3.09. The van der Waals surface area contributed by atoms with Crippen LogP contribution in [0.5, 0.6) is 0 Å². The largest absolute Gasteiger partial charge is 0.355 e. The van der Waals surface area contributed by atoms with Crippen LogP contribution in [-0.2, 0) is 0 Å². The quantitative estimate of drug-likeness (QED) is 0.533. The zero-order valence-corrected chi connectivity index (χ0v) is 20.5. The lowest BCUT2D eigenvalue weighted by molar-refractivity contribution is 1.44. The van der Waals surface area contributed by atoms with Crippen molar-refractivity contribution in [3.63, 3.8) is 0 Å². The van der Waals surface area contributed by atoms with Crippen LogP contribution in [0.3, 0.4) is 0 Å². The molecule has 0 unspecified atom stereocenters. The minimum Gasteiger partial charge on any atom is -0.355 e. The molecule has 164 valence electrons. The molecule has 2 aromatic carbocycles. The van der Waals surface area contributed by atoms with Crippen LogP contribution in [0.4, 0.5) is 11.4 Å². The molecular weight excluding hydrogens is 362 g/mol. The third kappa shape index (κ3) is 9.60. The molecule has 2 aromatic rings. The Labute approximate surface area is 187 Å². The highest BCUT2D eigenvalue weighted by molar-refractivity contribution is 5.74. The summed E-state index contributed by atoms with van der Waals surface area (Å²) >= 11 is 0. The minimum absolute atomic E-state index is 0.989. The first-order chi connectivity index (χ1) is 14.8. The summed E-state index contributed by atoms with van der Waals surface area (Å²) in [4.78, 5) is 0. The third-order valence-electron chi connectivity index (χ3n) is 3.77. The van der Waals surface area contributed by atoms with Crippen LogP contribution < -0.4 is 5.32 Å². The fourth-order valence-corrected chi connectivity index (χ4v) is 2.60. The highest BCUT2D eigenvalue weighted by Gasteiger charge is 2.03. The molecule has 1 N–H and O–H groups in total. The Hall–Kier alpha value is -2.80. The number of rotatable bonds is 4. The number of benzene rings is 2. The van der Waals surface area contributed by atoms with Gasteiger partial charge in [0, 0.05) is 11.4 Å². The number of anilines is 2. The number of nitrogens with one attached hydrogen (secondary N) is 1. The molecule has 0 atom stereocenters. The maximum absolute atomic E-state index is 3.86. The van der Waals surface area contributed by atoms with Crippen LogP contribution in [0, 0.1) is 0 Å². The maximum Gasteiger partial charge on any atom is 0.0390 e. The molecule has 3 rings (SSSR count). The normalized spacial score (nSPS) is 9.87. The van der Waals surface area contributed by atoms with E-state index in [4.69, 9.17) is 0 Å². The Morgan fingerprint density at radius 2 is 1.13 bits per heavy atom. The number of hydrogen-bond acceptors (Lipinski definition) is 1. The van der Waals surface area contributed by atoms with Gasteiger partial charge < -0.3 is 5.32 Å². The van der Waals surface area contributed by atoms with Crippen LogP contribution in [0.25, 0.3) is 24.3 Å². The van der Waals surface area contributed by atoms with Crippen molar-refractivity contribution >= 4 is 35.7 Å². The molecule has 0 radical (unpaired) electrons. The number of allylic oxidation sites excluding steroid dienone is 2. The molecule has 30 heavy (non-hydrogen) atoms. The van der Waals surface area contributed by atoms with Crippen molar-refractivity contribution in [2.45, 2.75) is 61.8 Å². The second-order valence-electron chi connectivity index (χ2n) is 5.26. The van der Waals surface area contributed by atoms with Crippen molar-refractivity contribution in [1.82, 2.24) is 0 Å². The molecule has 0 saturated carbocycles. The fraction of sp³-hybridized carbons (Fsp3) is 0.310. The summed E-state index contributed by atoms with van der Waals surface area (Å²) in [6.45, 7) is 23.7. The summed E-state index contributed by atoms with van der Waals surface area (Å²) in [5.41, 5.74) is 6.81. The van der Waals surface area contributed by atoms with Crippen LogP contribution >= 0.6 is 0 Å². The second kappa shape index (κ2) is 19.5. The van der Waals surface area contributed by atoms with E-state index in [0.717, 1.165) is 28.9 Å². The summed E-state index contributed by atoms with van der Waals surface area (Å²) in [5, 5.41) is 3.46. The molecule has 1 heteroatoms. The molecule has 0 fully saturated rings. The van der Waals surface area contributed by atoms with Gasteiger partial charge in [0.15, 0.2) is 0 Å². The van der Waals surface area contributed by atoms with E-state index in [1.165, 1.54) is 11.1 Å². The van der Waals surface area contributed by atoms with Crippen LogP contribution in [0.1, 0.15) is 84.1 Å². The van der Waals surface area contributed by atoms with Crippen molar-refractivity contribution in [3.05, 3.63) is 84.0 Å². The zero-order valence-electron chi connectivity index (χ0n) is 20.5. The van der Waals surface area contributed by atoms with Gasteiger partial charge in [0.2, 0.25) is 0 Å². The Kier molecular flexibility index (Phi) is 19.1. The molecule has 1 nitrogen and oxygen atoms in total. The summed E-state index contributed by atoms with van der Waals surface area (Å²) in [7, 11) is 0. The van der Waals surface area contributed by atoms with E-state index in [1.807, 2.05) is 67.5 Å². The number of hydrogen-bond donors (Lipinski definition) is 1. The Balaban J connectivity index is 0. The van der Waals surface area contributed by atoms with Gasteiger partial charge in [0.05, 0.1) is 0 Å². The van der Waals surface area contributed by atoms with Crippen molar-refractivity contribution < 1.29 is 0 Å². The van der Waals surface area contributed by atoms with E-state index in [2.05, 4.69) is 79.2 Å². The van der Waals surface area contributed by atoms with Crippen molar-refractivity contribution in [2.24, 2.45) is 0 Å². The first-order valence-corrected chi connectivity index (χ1v) is 11.4. The molecule has 0 bridgehead atoms. The molecule has 0 amide bonds. The van der Waals surface area contributed by atoms with Gasteiger partial charge in [-0.3, -0.25) is 0 Å². The summed E-state index contributed by atoms with van der Waals surface area (Å²) in [6, 6.07) is 12.6. The highest BCUT2D eigenvalue weighted by Crippen LogP contribution is 2.25. The van der Waals surface area contributed by atoms with Crippen LogP contribution in [0.15, 0.2) is 61.7 Å². The zero-order chi connectivity index (χ0) is 23.4. The summed E-state index contributed by atoms with van der Waals surface area (Å²) in [5.74, 6) is 0. The number of fused-ring (bicyclic) bond motifs is 1. The molecule has 0 heterocycles. The van der Waals surface area contributed by atoms with Gasteiger partial charge in [-0.15, -0.1) is 0 Å². The predicted molar refractivity (Wildman–Crippen MR) is 144 cm³/mol. The van der Waals surface area contributed by atoms with E-state index in [9.17, 15) is 0 Å². The van der Waals surface area contributed by atoms with E-state index < -0.39 is 0 Å². The molecule has 1 aliphatic rings.